The molecule has 5 N–H and O–H groups in total. The number of carbonyl (C=O) groups excluding carboxylic acids is 2. The molecule has 3 aliphatic rings. The van der Waals surface area contributed by atoms with Gasteiger partial charge in [-0.05, 0) is 103 Å². The lowest BCUT2D eigenvalue weighted by atomic mass is 9.86. The van der Waals surface area contributed by atoms with Gasteiger partial charge in [-0.3, -0.25) is 14.4 Å². The number of ether oxygens (including phenoxy) is 3. The van der Waals surface area contributed by atoms with E-state index >= 15 is 0 Å². The average Bonchev–Trinajstić information content (AvgIpc) is 3.75. The third-order valence-electron chi connectivity index (χ3n) is 11.4. The van der Waals surface area contributed by atoms with E-state index in [4.69, 9.17) is 14.2 Å². The molecule has 2 aromatic heterocycles. The minimum Gasteiger partial charge on any atom is -0.506 e. The maximum atomic E-state index is 13.2. The minimum absolute atomic E-state index is 0.0518. The summed E-state index contributed by atoms with van der Waals surface area (Å²) in [4.78, 5) is 42.8. The van der Waals surface area contributed by atoms with Gasteiger partial charge in [-0.15, -0.1) is 0 Å². The van der Waals surface area contributed by atoms with Gasteiger partial charge in [0.2, 0.25) is 5.56 Å². The molecule has 5 heterocycles. The van der Waals surface area contributed by atoms with Crippen molar-refractivity contribution in [2.24, 2.45) is 5.92 Å². The SMILES string of the molecule is O=C(N[C@@H](c1ccccc1)c1cccc(OCc2ccc(C(=O)OCc3cnn(CCCNCC(O)c4ccc(O)c5[nH]c(=O)ccc45)c3)cc2)c1)OC1CN2CCC1CC2. The first kappa shape index (κ1) is 41.3. The van der Waals surface area contributed by atoms with Gasteiger partial charge in [-0.2, -0.15) is 5.10 Å². The monoisotopic (exact) mass is 826 g/mol. The topological polar surface area (TPSA) is 180 Å². The van der Waals surface area contributed by atoms with Gasteiger partial charge in [-0.25, -0.2) is 9.59 Å². The highest BCUT2D eigenvalue weighted by Crippen LogP contribution is 2.31. The predicted molar refractivity (Wildman–Crippen MR) is 228 cm³/mol. The maximum absolute atomic E-state index is 13.2. The number of pyridine rings is 1. The van der Waals surface area contributed by atoms with E-state index in [0.29, 0.717) is 46.8 Å². The average molecular weight is 827 g/mol. The normalized spacial score (nSPS) is 18.0. The fourth-order valence-electron chi connectivity index (χ4n) is 8.13. The second kappa shape index (κ2) is 19.3. The molecule has 2 bridgehead atoms. The number of aryl methyl sites for hydroxylation is 1. The highest BCUT2D eigenvalue weighted by molar-refractivity contribution is 5.89. The van der Waals surface area contributed by atoms with Crippen molar-refractivity contribution in [3.05, 3.63) is 159 Å². The van der Waals surface area contributed by atoms with Crippen molar-refractivity contribution in [3.63, 3.8) is 0 Å². The fraction of sp³-hybridized carbons (Fsp3) is 0.319. The minimum atomic E-state index is -0.838. The quantitative estimate of drug-likeness (QED) is 0.0539. The van der Waals surface area contributed by atoms with Crippen LogP contribution in [0.25, 0.3) is 10.9 Å². The number of aromatic amines is 1. The van der Waals surface area contributed by atoms with Crippen LogP contribution in [0.15, 0.2) is 120 Å². The number of fused-ring (bicyclic) bond motifs is 4. The first-order chi connectivity index (χ1) is 29.8. The van der Waals surface area contributed by atoms with Gasteiger partial charge in [0.15, 0.2) is 0 Å². The van der Waals surface area contributed by atoms with Crippen molar-refractivity contribution in [2.75, 3.05) is 32.7 Å². The van der Waals surface area contributed by atoms with Crippen LogP contribution in [-0.2, 0) is 29.2 Å². The molecule has 14 heteroatoms. The fourth-order valence-corrected chi connectivity index (χ4v) is 8.13. The number of carbonyl (C=O) groups is 2. The van der Waals surface area contributed by atoms with Crippen LogP contribution in [0.3, 0.4) is 0 Å². The maximum Gasteiger partial charge on any atom is 0.408 e. The van der Waals surface area contributed by atoms with Gasteiger partial charge in [-0.1, -0.05) is 60.7 Å². The summed E-state index contributed by atoms with van der Waals surface area (Å²) in [5, 5.41) is 32.2. The molecule has 316 valence electrons. The molecule has 9 rings (SSSR count). The van der Waals surface area contributed by atoms with Gasteiger partial charge >= 0.3 is 12.1 Å². The van der Waals surface area contributed by atoms with E-state index in [1.165, 1.54) is 12.1 Å². The number of aromatic nitrogens is 3. The van der Waals surface area contributed by atoms with Crippen molar-refractivity contribution in [1.82, 2.24) is 30.3 Å². The molecular formula is C47H50N6O8. The molecule has 0 spiro atoms. The summed E-state index contributed by atoms with van der Waals surface area (Å²) in [5.41, 5.74) is 4.42. The zero-order valence-electron chi connectivity index (χ0n) is 33.7. The summed E-state index contributed by atoms with van der Waals surface area (Å²) >= 11 is 0. The van der Waals surface area contributed by atoms with Gasteiger partial charge in [0.1, 0.15) is 30.8 Å². The molecule has 0 saturated carbocycles. The summed E-state index contributed by atoms with van der Waals surface area (Å²) < 4.78 is 19.5. The lowest BCUT2D eigenvalue weighted by Crippen LogP contribution is -2.52. The molecule has 3 aliphatic heterocycles. The van der Waals surface area contributed by atoms with Gasteiger partial charge < -0.3 is 40.0 Å². The number of nitrogens with one attached hydrogen (secondary N) is 3. The third-order valence-corrected chi connectivity index (χ3v) is 11.4. The van der Waals surface area contributed by atoms with E-state index in [-0.39, 0.29) is 37.2 Å². The Bertz CT molecular complexity index is 2480. The lowest BCUT2D eigenvalue weighted by molar-refractivity contribution is -0.0336. The molecule has 0 radical (unpaired) electrons. The Balaban J connectivity index is 0.773. The standard InChI is InChI=1S/C47H50N6O8/c54-40-16-14-38(39-15-17-43(56)50-45(39)40)41(55)26-48-20-5-21-53-27-32(25-49-53)30-60-46(57)35-12-10-31(11-13-35)29-59-37-9-4-8-36(24-37)44(34-6-2-1-3-7-34)51-47(58)61-42-28-52-22-18-33(42)19-23-52/h1-4,6-17,24-25,27,33,41-42,44,48,54-55H,5,18-23,26,28-30H2,(H,50,56)(H,51,58)/t41?,42?,44-/m0/s1. The number of hydrogen-bond donors (Lipinski definition) is 5. The Hall–Kier alpha value is -6.48. The van der Waals surface area contributed by atoms with E-state index in [2.05, 4.69) is 25.6 Å². The lowest BCUT2D eigenvalue weighted by Gasteiger charge is -2.43. The van der Waals surface area contributed by atoms with E-state index in [0.717, 1.165) is 61.2 Å². The van der Waals surface area contributed by atoms with Crippen molar-refractivity contribution in [3.8, 4) is 11.5 Å². The number of H-pyrrole nitrogens is 1. The number of aliphatic hydroxyl groups excluding tert-OH is 1. The van der Waals surface area contributed by atoms with Crippen molar-refractivity contribution >= 4 is 23.0 Å². The summed E-state index contributed by atoms with van der Waals surface area (Å²) in [6.45, 7) is 4.81. The first-order valence-electron chi connectivity index (χ1n) is 20.7. The molecule has 4 aromatic carbocycles. The van der Waals surface area contributed by atoms with Crippen LogP contribution < -0.4 is 20.9 Å². The zero-order chi connectivity index (χ0) is 42.1. The van der Waals surface area contributed by atoms with Crippen LogP contribution in [0.2, 0.25) is 0 Å². The highest BCUT2D eigenvalue weighted by atomic mass is 16.6. The molecule has 3 atom stereocenters. The summed E-state index contributed by atoms with van der Waals surface area (Å²) in [6.07, 6.45) is 5.02. The van der Waals surface area contributed by atoms with Crippen molar-refractivity contribution < 1.29 is 34.0 Å². The van der Waals surface area contributed by atoms with Crippen LogP contribution in [0, 0.1) is 5.92 Å². The molecule has 6 aromatic rings. The number of rotatable bonds is 17. The second-order valence-corrected chi connectivity index (χ2v) is 15.7. The number of nitrogens with zero attached hydrogens (tertiary/aromatic N) is 3. The molecule has 1 amide bonds. The molecule has 3 saturated heterocycles. The van der Waals surface area contributed by atoms with Crippen LogP contribution in [-0.4, -0.2) is 80.8 Å². The third kappa shape index (κ3) is 10.5. The number of hydrogen-bond acceptors (Lipinski definition) is 11. The van der Waals surface area contributed by atoms with Crippen molar-refractivity contribution in [2.45, 2.75) is 57.3 Å². The van der Waals surface area contributed by atoms with E-state index < -0.39 is 24.2 Å². The number of piperidine rings is 3. The summed E-state index contributed by atoms with van der Waals surface area (Å²) in [5.74, 6) is 0.558. The molecule has 3 fully saturated rings. The van der Waals surface area contributed by atoms with Gasteiger partial charge in [0.05, 0.1) is 29.4 Å². The largest absolute Gasteiger partial charge is 0.506 e. The molecule has 14 nitrogen and oxygen atoms in total. The Kier molecular flexibility index (Phi) is 13.0. The molecular weight excluding hydrogens is 777 g/mol. The smallest absolute Gasteiger partial charge is 0.408 e. The van der Waals surface area contributed by atoms with E-state index in [9.17, 15) is 24.6 Å². The Labute approximate surface area is 353 Å². The number of phenolic OH excluding ortho intramolecular Hbond substituents is 1. The Morgan fingerprint density at radius 1 is 0.902 bits per heavy atom. The Morgan fingerprint density at radius 3 is 2.49 bits per heavy atom. The number of amides is 1. The van der Waals surface area contributed by atoms with Gasteiger partial charge in [0.25, 0.3) is 0 Å². The van der Waals surface area contributed by atoms with Crippen LogP contribution in [0.5, 0.6) is 11.5 Å². The van der Waals surface area contributed by atoms with Crippen molar-refractivity contribution in [1.29, 1.82) is 0 Å². The number of aromatic hydroxyl groups is 1. The van der Waals surface area contributed by atoms with Crippen LogP contribution >= 0.6 is 0 Å². The van der Waals surface area contributed by atoms with Crippen LogP contribution in [0.1, 0.15) is 69.6 Å². The predicted octanol–water partition coefficient (Wildman–Crippen LogP) is 5.99. The molecule has 2 unspecified atom stereocenters. The summed E-state index contributed by atoms with van der Waals surface area (Å²) in [7, 11) is 0. The molecule has 61 heavy (non-hydrogen) atoms. The summed E-state index contributed by atoms with van der Waals surface area (Å²) in [6, 6.07) is 30.2. The highest BCUT2D eigenvalue weighted by Gasteiger charge is 2.37. The van der Waals surface area contributed by atoms with E-state index in [1.807, 2.05) is 72.9 Å². The molecule has 0 aliphatic carbocycles. The van der Waals surface area contributed by atoms with E-state index in [1.54, 1.807) is 35.1 Å². The van der Waals surface area contributed by atoms with Gasteiger partial charge in [0, 0.05) is 42.8 Å². The number of benzene rings is 4. The second-order valence-electron chi connectivity index (χ2n) is 15.7. The first-order valence-corrected chi connectivity index (χ1v) is 20.7. The number of aliphatic hydroxyl groups is 1. The number of alkyl carbamates (subject to hydrolysis) is 1. The Morgan fingerprint density at radius 2 is 1.70 bits per heavy atom. The van der Waals surface area contributed by atoms with Crippen LogP contribution in [0.4, 0.5) is 4.79 Å². The zero-order valence-corrected chi connectivity index (χ0v) is 33.7. The number of phenols is 1. The number of esters is 1.